The molecule has 0 saturated carbocycles. The first kappa shape index (κ1) is 19.0. The van der Waals surface area contributed by atoms with Crippen LogP contribution in [0, 0.1) is 0 Å². The van der Waals surface area contributed by atoms with E-state index in [1.807, 2.05) is 62.4 Å². The lowest BCUT2D eigenvalue weighted by Crippen LogP contribution is -2.36. The van der Waals surface area contributed by atoms with E-state index in [9.17, 15) is 4.79 Å². The van der Waals surface area contributed by atoms with Crippen LogP contribution in [0.15, 0.2) is 48.5 Å². The zero-order valence-electron chi connectivity index (χ0n) is 15.9. The van der Waals surface area contributed by atoms with E-state index in [4.69, 9.17) is 9.47 Å². The summed E-state index contributed by atoms with van der Waals surface area (Å²) in [6.45, 7) is 7.74. The molecular weight excluding hydrogens is 342 g/mol. The van der Waals surface area contributed by atoms with Crippen molar-refractivity contribution in [2.75, 3.05) is 48.4 Å². The smallest absolute Gasteiger partial charge is 0.246 e. The Labute approximate surface area is 160 Å². The van der Waals surface area contributed by atoms with E-state index >= 15 is 0 Å². The fourth-order valence-corrected chi connectivity index (χ4v) is 2.96. The molecule has 0 radical (unpaired) electrons. The van der Waals surface area contributed by atoms with Crippen molar-refractivity contribution in [3.63, 3.8) is 0 Å². The molecule has 0 bridgehead atoms. The van der Waals surface area contributed by atoms with Crippen molar-refractivity contribution in [1.82, 2.24) is 0 Å². The average Bonchev–Trinajstić information content (AvgIpc) is 2.71. The Kier molecular flexibility index (Phi) is 6.54. The Morgan fingerprint density at radius 3 is 2.33 bits per heavy atom. The summed E-state index contributed by atoms with van der Waals surface area (Å²) in [5.41, 5.74) is 2.82. The zero-order chi connectivity index (χ0) is 19.1. The van der Waals surface area contributed by atoms with Gasteiger partial charge in [-0.1, -0.05) is 0 Å². The monoisotopic (exact) mass is 369 g/mol. The van der Waals surface area contributed by atoms with Gasteiger partial charge in [-0.25, -0.2) is 0 Å². The van der Waals surface area contributed by atoms with Crippen LogP contribution in [0.1, 0.15) is 13.8 Å². The Balaban J connectivity index is 1.52. The molecule has 144 valence electrons. The van der Waals surface area contributed by atoms with Gasteiger partial charge < -0.3 is 25.0 Å². The molecule has 3 rings (SSSR count). The quantitative estimate of drug-likeness (QED) is 0.784. The minimum Gasteiger partial charge on any atom is -0.494 e. The highest BCUT2D eigenvalue weighted by Crippen LogP contribution is 2.20. The summed E-state index contributed by atoms with van der Waals surface area (Å²) in [4.78, 5) is 14.7. The summed E-state index contributed by atoms with van der Waals surface area (Å²) >= 11 is 0. The van der Waals surface area contributed by atoms with Gasteiger partial charge >= 0.3 is 0 Å². The van der Waals surface area contributed by atoms with Gasteiger partial charge in [0.2, 0.25) is 5.91 Å². The van der Waals surface area contributed by atoms with Crippen LogP contribution in [0.5, 0.6) is 5.75 Å². The summed E-state index contributed by atoms with van der Waals surface area (Å²) < 4.78 is 10.8. The number of anilines is 3. The van der Waals surface area contributed by atoms with Crippen LogP contribution in [-0.2, 0) is 9.53 Å². The Morgan fingerprint density at radius 1 is 1.07 bits per heavy atom. The number of rotatable bonds is 7. The van der Waals surface area contributed by atoms with E-state index in [0.29, 0.717) is 6.61 Å². The summed E-state index contributed by atoms with van der Waals surface area (Å²) in [5.74, 6) is 0.739. The number of nitrogens with zero attached hydrogens (tertiary/aromatic N) is 1. The molecule has 1 amide bonds. The number of nitrogens with one attached hydrogen (secondary N) is 2. The molecule has 2 aromatic rings. The molecule has 1 atom stereocenters. The van der Waals surface area contributed by atoms with Gasteiger partial charge in [-0.05, 0) is 62.4 Å². The molecule has 0 unspecified atom stereocenters. The van der Waals surface area contributed by atoms with Crippen molar-refractivity contribution in [2.24, 2.45) is 0 Å². The molecule has 1 aliphatic rings. The Morgan fingerprint density at radius 2 is 1.70 bits per heavy atom. The van der Waals surface area contributed by atoms with Crippen molar-refractivity contribution in [1.29, 1.82) is 0 Å². The van der Waals surface area contributed by atoms with E-state index in [-0.39, 0.29) is 11.9 Å². The van der Waals surface area contributed by atoms with Gasteiger partial charge in [0, 0.05) is 30.2 Å². The number of carbonyl (C=O) groups is 1. The van der Waals surface area contributed by atoms with Crippen molar-refractivity contribution < 1.29 is 14.3 Å². The number of ether oxygens (including phenoxy) is 2. The molecule has 0 aromatic heterocycles. The van der Waals surface area contributed by atoms with Crippen LogP contribution in [0.4, 0.5) is 17.1 Å². The molecule has 1 fully saturated rings. The molecule has 1 saturated heterocycles. The van der Waals surface area contributed by atoms with Crippen LogP contribution < -0.4 is 20.3 Å². The lowest BCUT2D eigenvalue weighted by Gasteiger charge is -2.29. The largest absolute Gasteiger partial charge is 0.494 e. The molecule has 1 heterocycles. The lowest BCUT2D eigenvalue weighted by atomic mass is 10.2. The van der Waals surface area contributed by atoms with E-state index in [1.54, 1.807) is 0 Å². The van der Waals surface area contributed by atoms with E-state index in [2.05, 4.69) is 15.5 Å². The highest BCUT2D eigenvalue weighted by atomic mass is 16.5. The van der Waals surface area contributed by atoms with Crippen molar-refractivity contribution >= 4 is 23.0 Å². The van der Waals surface area contributed by atoms with Crippen LogP contribution in [0.2, 0.25) is 0 Å². The molecule has 1 aliphatic heterocycles. The number of hydrogen-bond donors (Lipinski definition) is 2. The van der Waals surface area contributed by atoms with Crippen LogP contribution in [-0.4, -0.2) is 44.9 Å². The molecule has 0 aliphatic carbocycles. The number of morpholine rings is 1. The maximum atomic E-state index is 12.4. The maximum Gasteiger partial charge on any atom is 0.246 e. The number of carbonyl (C=O) groups excluding carboxylic acids is 1. The summed E-state index contributed by atoms with van der Waals surface area (Å²) in [5, 5.41) is 6.16. The van der Waals surface area contributed by atoms with Gasteiger partial charge in [0.05, 0.1) is 19.8 Å². The van der Waals surface area contributed by atoms with Gasteiger partial charge in [0.15, 0.2) is 0 Å². The average molecular weight is 369 g/mol. The van der Waals surface area contributed by atoms with Crippen molar-refractivity contribution in [3.05, 3.63) is 48.5 Å². The molecule has 0 spiro atoms. The maximum absolute atomic E-state index is 12.4. The van der Waals surface area contributed by atoms with Crippen LogP contribution >= 0.6 is 0 Å². The third kappa shape index (κ3) is 5.37. The SMILES string of the molecule is CCOc1ccc(N[C@H](C)C(=O)Nc2ccc(N3CCOCC3)cc2)cc1. The molecule has 2 aromatic carbocycles. The van der Waals surface area contributed by atoms with E-state index in [1.165, 1.54) is 0 Å². The standard InChI is InChI=1S/C21H27N3O3/c1-3-27-20-10-6-17(7-11-20)22-16(2)21(25)23-18-4-8-19(9-5-18)24-12-14-26-15-13-24/h4-11,16,22H,3,12-15H2,1-2H3,(H,23,25)/t16-/m1/s1. The van der Waals surface area contributed by atoms with Crippen LogP contribution in [0.3, 0.4) is 0 Å². The molecule has 27 heavy (non-hydrogen) atoms. The van der Waals surface area contributed by atoms with Crippen LogP contribution in [0.25, 0.3) is 0 Å². The number of benzene rings is 2. The predicted octanol–water partition coefficient (Wildman–Crippen LogP) is 3.36. The van der Waals surface area contributed by atoms with Gasteiger partial charge in [-0.15, -0.1) is 0 Å². The number of amides is 1. The predicted molar refractivity (Wildman–Crippen MR) is 109 cm³/mol. The fraction of sp³-hybridized carbons (Fsp3) is 0.381. The molecule has 6 nitrogen and oxygen atoms in total. The topological polar surface area (TPSA) is 62.8 Å². The third-order valence-corrected chi connectivity index (χ3v) is 4.45. The van der Waals surface area contributed by atoms with Gasteiger partial charge in [-0.2, -0.15) is 0 Å². The number of hydrogen-bond acceptors (Lipinski definition) is 5. The second kappa shape index (κ2) is 9.28. The minimum absolute atomic E-state index is 0.0805. The summed E-state index contributed by atoms with van der Waals surface area (Å²) in [6, 6.07) is 15.2. The Hall–Kier alpha value is -2.73. The highest BCUT2D eigenvalue weighted by Gasteiger charge is 2.14. The minimum atomic E-state index is -0.359. The highest BCUT2D eigenvalue weighted by molar-refractivity contribution is 5.96. The first-order valence-corrected chi connectivity index (χ1v) is 9.38. The molecule has 6 heteroatoms. The summed E-state index contributed by atoms with van der Waals surface area (Å²) in [7, 11) is 0. The van der Waals surface area contributed by atoms with Gasteiger partial charge in [0.25, 0.3) is 0 Å². The Bertz CT molecular complexity index is 725. The molecular formula is C21H27N3O3. The first-order chi connectivity index (χ1) is 13.2. The van der Waals surface area contributed by atoms with E-state index in [0.717, 1.165) is 49.1 Å². The fourth-order valence-electron chi connectivity index (χ4n) is 2.96. The van der Waals surface area contributed by atoms with Gasteiger partial charge in [0.1, 0.15) is 11.8 Å². The second-order valence-electron chi connectivity index (χ2n) is 6.46. The second-order valence-corrected chi connectivity index (χ2v) is 6.46. The van der Waals surface area contributed by atoms with Crippen molar-refractivity contribution in [2.45, 2.75) is 19.9 Å². The van der Waals surface area contributed by atoms with Gasteiger partial charge in [-0.3, -0.25) is 4.79 Å². The third-order valence-electron chi connectivity index (χ3n) is 4.45. The molecule has 2 N–H and O–H groups in total. The van der Waals surface area contributed by atoms with Crippen molar-refractivity contribution in [3.8, 4) is 5.75 Å². The van der Waals surface area contributed by atoms with E-state index < -0.39 is 0 Å². The lowest BCUT2D eigenvalue weighted by molar-refractivity contribution is -0.116. The first-order valence-electron chi connectivity index (χ1n) is 9.38. The zero-order valence-corrected chi connectivity index (χ0v) is 15.9. The summed E-state index contributed by atoms with van der Waals surface area (Å²) in [6.07, 6.45) is 0. The normalized spacial score (nSPS) is 15.1.